The minimum Gasteiger partial charge on any atom is -0.280 e. The molecule has 148 valence electrons. The lowest BCUT2D eigenvalue weighted by Gasteiger charge is -2.26. The Morgan fingerprint density at radius 3 is 1.97 bits per heavy atom. The highest BCUT2D eigenvalue weighted by molar-refractivity contribution is 6.14. The van der Waals surface area contributed by atoms with E-state index in [1.54, 1.807) is 0 Å². The Hall–Kier alpha value is -2.87. The molecule has 0 fully saturated rings. The van der Waals surface area contributed by atoms with Gasteiger partial charge in [-0.1, -0.05) is 74.9 Å². The summed E-state index contributed by atoms with van der Waals surface area (Å²) in [6.07, 6.45) is 0. The summed E-state index contributed by atoms with van der Waals surface area (Å²) in [7, 11) is 0. The maximum atomic E-state index is 13.9. The molecule has 0 aromatic heterocycles. The SMILES string of the molecule is Cc1ccc(N2C(=O)C(C)(c3ccc(C(C)(C)C)cc3)c3ccc(C)cc32)cc1. The van der Waals surface area contributed by atoms with Crippen LogP contribution < -0.4 is 4.90 Å². The van der Waals surface area contributed by atoms with Crippen LogP contribution in [0.15, 0.2) is 66.7 Å². The summed E-state index contributed by atoms with van der Waals surface area (Å²) >= 11 is 0. The summed E-state index contributed by atoms with van der Waals surface area (Å²) < 4.78 is 0. The van der Waals surface area contributed by atoms with Crippen molar-refractivity contribution in [3.05, 3.63) is 94.5 Å². The fourth-order valence-corrected chi connectivity index (χ4v) is 4.23. The van der Waals surface area contributed by atoms with E-state index in [9.17, 15) is 4.79 Å². The third kappa shape index (κ3) is 3.07. The van der Waals surface area contributed by atoms with Crippen LogP contribution in [0.5, 0.6) is 0 Å². The van der Waals surface area contributed by atoms with E-state index in [-0.39, 0.29) is 11.3 Å². The van der Waals surface area contributed by atoms with Gasteiger partial charge in [-0.3, -0.25) is 9.69 Å². The molecule has 2 nitrogen and oxygen atoms in total. The molecule has 1 aliphatic rings. The van der Waals surface area contributed by atoms with E-state index >= 15 is 0 Å². The van der Waals surface area contributed by atoms with Gasteiger partial charge in [0.1, 0.15) is 0 Å². The lowest BCUT2D eigenvalue weighted by atomic mass is 9.76. The Kier molecular flexibility index (Phi) is 4.42. The average Bonchev–Trinajstić information content (AvgIpc) is 2.90. The van der Waals surface area contributed by atoms with Gasteiger partial charge < -0.3 is 0 Å². The highest BCUT2D eigenvalue weighted by Crippen LogP contribution is 2.49. The minimum absolute atomic E-state index is 0.0854. The molecule has 0 saturated heterocycles. The summed E-state index contributed by atoms with van der Waals surface area (Å²) in [5.74, 6) is 0.102. The standard InChI is InChI=1S/C27H29NO/c1-18-7-14-22(15-8-18)28-24-17-19(2)9-16-23(24)27(6,25(28)29)21-12-10-20(11-13-21)26(3,4)5/h7-17H,1-6H3. The van der Waals surface area contributed by atoms with Gasteiger partial charge in [0, 0.05) is 5.69 Å². The summed E-state index contributed by atoms with van der Waals surface area (Å²) in [4.78, 5) is 15.8. The minimum atomic E-state index is -0.704. The molecular weight excluding hydrogens is 354 g/mol. The summed E-state index contributed by atoms with van der Waals surface area (Å²) in [6, 6.07) is 23.1. The first-order chi connectivity index (χ1) is 13.6. The number of aryl methyl sites for hydroxylation is 2. The molecule has 0 radical (unpaired) electrons. The average molecular weight is 384 g/mol. The Balaban J connectivity index is 1.88. The highest BCUT2D eigenvalue weighted by Gasteiger charge is 2.49. The summed E-state index contributed by atoms with van der Waals surface area (Å²) in [5.41, 5.74) is 7.00. The third-order valence-electron chi connectivity index (χ3n) is 6.18. The molecule has 1 unspecified atom stereocenters. The fraction of sp³-hybridized carbons (Fsp3) is 0.296. The number of nitrogens with zero attached hydrogens (tertiary/aromatic N) is 1. The lowest BCUT2D eigenvalue weighted by Crippen LogP contribution is -2.36. The van der Waals surface area contributed by atoms with E-state index in [1.165, 1.54) is 11.1 Å². The van der Waals surface area contributed by atoms with Crippen molar-refractivity contribution < 1.29 is 4.79 Å². The quantitative estimate of drug-likeness (QED) is 0.489. The second-order valence-electron chi connectivity index (χ2n) is 9.45. The van der Waals surface area contributed by atoms with Gasteiger partial charge in [-0.25, -0.2) is 0 Å². The number of fused-ring (bicyclic) bond motifs is 1. The molecule has 1 heterocycles. The van der Waals surface area contributed by atoms with Gasteiger partial charge in [0.25, 0.3) is 0 Å². The van der Waals surface area contributed by atoms with Gasteiger partial charge in [0.2, 0.25) is 5.91 Å². The van der Waals surface area contributed by atoms with Crippen LogP contribution in [0.1, 0.15) is 55.5 Å². The molecule has 2 heteroatoms. The molecule has 0 N–H and O–H groups in total. The van der Waals surface area contributed by atoms with Gasteiger partial charge >= 0.3 is 0 Å². The van der Waals surface area contributed by atoms with Crippen LogP contribution in [-0.4, -0.2) is 5.91 Å². The number of amides is 1. The molecule has 0 bridgehead atoms. The Bertz CT molecular complexity index is 1070. The van der Waals surface area contributed by atoms with E-state index in [2.05, 4.69) is 96.1 Å². The molecule has 3 aromatic rings. The van der Waals surface area contributed by atoms with Gasteiger partial charge in [-0.2, -0.15) is 0 Å². The number of hydrogen-bond donors (Lipinski definition) is 0. The zero-order valence-corrected chi connectivity index (χ0v) is 18.2. The first kappa shape index (κ1) is 19.4. The van der Waals surface area contributed by atoms with Crippen LogP contribution in [0.25, 0.3) is 0 Å². The van der Waals surface area contributed by atoms with Crippen LogP contribution in [0, 0.1) is 13.8 Å². The van der Waals surface area contributed by atoms with E-state index in [0.29, 0.717) is 0 Å². The maximum absolute atomic E-state index is 13.9. The molecule has 1 atom stereocenters. The van der Waals surface area contributed by atoms with Crippen LogP contribution in [0.2, 0.25) is 0 Å². The maximum Gasteiger partial charge on any atom is 0.246 e. The highest BCUT2D eigenvalue weighted by atomic mass is 16.2. The molecule has 29 heavy (non-hydrogen) atoms. The summed E-state index contributed by atoms with van der Waals surface area (Å²) in [6.45, 7) is 12.8. The Morgan fingerprint density at radius 1 is 0.793 bits per heavy atom. The predicted molar refractivity (Wildman–Crippen MR) is 121 cm³/mol. The van der Waals surface area contributed by atoms with Crippen molar-refractivity contribution in [1.82, 2.24) is 0 Å². The fourth-order valence-electron chi connectivity index (χ4n) is 4.23. The monoisotopic (exact) mass is 383 g/mol. The van der Waals surface area contributed by atoms with Crippen molar-refractivity contribution in [2.45, 2.75) is 52.4 Å². The van der Waals surface area contributed by atoms with Crippen molar-refractivity contribution in [1.29, 1.82) is 0 Å². The third-order valence-corrected chi connectivity index (χ3v) is 6.18. The van der Waals surface area contributed by atoms with Gasteiger partial charge in [-0.05, 0) is 66.6 Å². The normalized spacial score (nSPS) is 18.8. The van der Waals surface area contributed by atoms with Crippen LogP contribution in [0.3, 0.4) is 0 Å². The molecule has 1 aliphatic heterocycles. The van der Waals surface area contributed by atoms with Crippen molar-refractivity contribution in [3.8, 4) is 0 Å². The zero-order valence-electron chi connectivity index (χ0n) is 18.2. The number of anilines is 2. The largest absolute Gasteiger partial charge is 0.280 e. The van der Waals surface area contributed by atoms with Gasteiger partial charge in [-0.15, -0.1) is 0 Å². The topological polar surface area (TPSA) is 20.3 Å². The first-order valence-corrected chi connectivity index (χ1v) is 10.3. The Labute approximate surface area is 174 Å². The first-order valence-electron chi connectivity index (χ1n) is 10.3. The van der Waals surface area contributed by atoms with Crippen molar-refractivity contribution in [2.24, 2.45) is 0 Å². The number of rotatable bonds is 2. The van der Waals surface area contributed by atoms with Gasteiger partial charge in [0.05, 0.1) is 11.1 Å². The van der Waals surface area contributed by atoms with Crippen molar-refractivity contribution in [3.63, 3.8) is 0 Å². The number of hydrogen-bond acceptors (Lipinski definition) is 1. The van der Waals surface area contributed by atoms with Crippen molar-refractivity contribution >= 4 is 17.3 Å². The number of carbonyl (C=O) groups excluding carboxylic acids is 1. The second-order valence-corrected chi connectivity index (χ2v) is 9.45. The van der Waals surface area contributed by atoms with E-state index in [1.807, 2.05) is 17.0 Å². The lowest BCUT2D eigenvalue weighted by molar-refractivity contribution is -0.120. The molecule has 4 rings (SSSR count). The van der Waals surface area contributed by atoms with Crippen LogP contribution in [0.4, 0.5) is 11.4 Å². The van der Waals surface area contributed by atoms with E-state index < -0.39 is 5.41 Å². The molecule has 0 saturated carbocycles. The van der Waals surface area contributed by atoms with Crippen molar-refractivity contribution in [2.75, 3.05) is 4.90 Å². The predicted octanol–water partition coefficient (Wildman–Crippen LogP) is 6.59. The zero-order chi connectivity index (χ0) is 21.0. The Morgan fingerprint density at radius 2 is 1.38 bits per heavy atom. The molecular formula is C27H29NO. The molecule has 1 amide bonds. The van der Waals surface area contributed by atoms with E-state index in [4.69, 9.17) is 0 Å². The van der Waals surface area contributed by atoms with Crippen LogP contribution >= 0.6 is 0 Å². The number of benzene rings is 3. The summed E-state index contributed by atoms with van der Waals surface area (Å²) in [5, 5.41) is 0. The second kappa shape index (κ2) is 6.59. The molecule has 3 aromatic carbocycles. The number of carbonyl (C=O) groups is 1. The van der Waals surface area contributed by atoms with Crippen LogP contribution in [-0.2, 0) is 15.6 Å². The molecule has 0 spiro atoms. The molecule has 0 aliphatic carbocycles. The smallest absolute Gasteiger partial charge is 0.246 e. The van der Waals surface area contributed by atoms with Gasteiger partial charge in [0.15, 0.2) is 0 Å². The van der Waals surface area contributed by atoms with E-state index in [0.717, 1.165) is 28.1 Å².